The van der Waals surface area contributed by atoms with Crippen LogP contribution in [0.1, 0.15) is 0 Å². The molecular formula is C6H6BrNO5. The van der Waals surface area contributed by atoms with E-state index in [4.69, 9.17) is 10.2 Å². The van der Waals surface area contributed by atoms with Crippen LogP contribution in [-0.2, 0) is 9.68 Å². The lowest BCUT2D eigenvalue weighted by Crippen LogP contribution is -2.17. The number of carbonyl (C=O) groups is 1. The van der Waals surface area contributed by atoms with E-state index < -0.39 is 5.97 Å². The summed E-state index contributed by atoms with van der Waals surface area (Å²) in [7, 11) is 0. The Kier molecular flexibility index (Phi) is 3.02. The van der Waals surface area contributed by atoms with Crippen LogP contribution in [0.5, 0.6) is 11.8 Å². The molecule has 72 valence electrons. The second-order valence-electron chi connectivity index (χ2n) is 2.01. The monoisotopic (exact) mass is 251 g/mol. The van der Waals surface area contributed by atoms with Crippen LogP contribution in [0, 0.1) is 0 Å². The molecule has 13 heavy (non-hydrogen) atoms. The maximum Gasteiger partial charge on any atom is 0.368 e. The van der Waals surface area contributed by atoms with E-state index >= 15 is 0 Å². The van der Waals surface area contributed by atoms with Gasteiger partial charge in [0.25, 0.3) is 0 Å². The van der Waals surface area contributed by atoms with Gasteiger partial charge in [-0.05, 0) is 0 Å². The number of hydrogen-bond acceptors (Lipinski definition) is 5. The van der Waals surface area contributed by atoms with Crippen molar-refractivity contribution in [1.29, 1.82) is 0 Å². The van der Waals surface area contributed by atoms with Gasteiger partial charge in [0, 0.05) is 12.1 Å². The second kappa shape index (κ2) is 4.04. The molecule has 0 saturated carbocycles. The summed E-state index contributed by atoms with van der Waals surface area (Å²) in [5.41, 5.74) is 0. The van der Waals surface area contributed by atoms with Gasteiger partial charge in [-0.2, -0.15) is 4.99 Å². The molecule has 0 aromatic carbocycles. The average Bonchev–Trinajstić information content (AvgIpc) is 2.43. The van der Waals surface area contributed by atoms with Gasteiger partial charge in [-0.15, -0.1) is 0 Å². The Bertz CT molecular complexity index is 290. The second-order valence-corrected chi connectivity index (χ2v) is 2.57. The van der Waals surface area contributed by atoms with Crippen molar-refractivity contribution in [1.82, 2.24) is 4.73 Å². The van der Waals surface area contributed by atoms with Crippen LogP contribution >= 0.6 is 15.9 Å². The molecule has 0 aliphatic carbocycles. The molecule has 0 unspecified atom stereocenters. The first kappa shape index (κ1) is 9.72. The molecule has 7 heteroatoms. The predicted molar refractivity (Wildman–Crippen MR) is 44.2 cm³/mol. The molecular weight excluding hydrogens is 246 g/mol. The Morgan fingerprint density at radius 3 is 2.46 bits per heavy atom. The highest BCUT2D eigenvalue weighted by atomic mass is 79.9. The van der Waals surface area contributed by atoms with Crippen molar-refractivity contribution in [2.75, 3.05) is 5.33 Å². The third-order valence-electron chi connectivity index (χ3n) is 1.11. The first-order chi connectivity index (χ1) is 6.15. The zero-order chi connectivity index (χ0) is 9.84. The van der Waals surface area contributed by atoms with E-state index in [1.54, 1.807) is 0 Å². The first-order valence-electron chi connectivity index (χ1n) is 3.18. The molecule has 6 nitrogen and oxygen atoms in total. The van der Waals surface area contributed by atoms with Gasteiger partial charge in [-0.3, -0.25) is 0 Å². The third-order valence-corrected chi connectivity index (χ3v) is 1.57. The van der Waals surface area contributed by atoms with Crippen LogP contribution in [0.15, 0.2) is 12.1 Å². The average molecular weight is 252 g/mol. The van der Waals surface area contributed by atoms with E-state index in [-0.39, 0.29) is 17.1 Å². The largest absolute Gasteiger partial charge is 0.492 e. The summed E-state index contributed by atoms with van der Waals surface area (Å²) in [4.78, 5) is 19.0. The zero-order valence-electron chi connectivity index (χ0n) is 6.31. The maximum atomic E-state index is 10.6. The van der Waals surface area contributed by atoms with Crippen LogP contribution in [-0.4, -0.2) is 26.2 Å². The normalized spacial score (nSPS) is 9.62. The van der Waals surface area contributed by atoms with Crippen LogP contribution in [0.2, 0.25) is 0 Å². The summed E-state index contributed by atoms with van der Waals surface area (Å²) < 4.78 is 0.556. The van der Waals surface area contributed by atoms with Crippen molar-refractivity contribution in [3.05, 3.63) is 12.1 Å². The Morgan fingerprint density at radius 2 is 2.00 bits per heavy atom. The van der Waals surface area contributed by atoms with Crippen LogP contribution in [0.4, 0.5) is 0 Å². The summed E-state index contributed by atoms with van der Waals surface area (Å²) in [6.07, 6.45) is 0. The summed E-state index contributed by atoms with van der Waals surface area (Å²) in [6, 6.07) is 2.36. The van der Waals surface area contributed by atoms with Gasteiger partial charge in [-0.1, -0.05) is 20.7 Å². The lowest BCUT2D eigenvalue weighted by atomic mass is 10.6. The van der Waals surface area contributed by atoms with Gasteiger partial charge in [0.05, 0.1) is 0 Å². The first-order valence-corrected chi connectivity index (χ1v) is 4.30. The number of aromatic nitrogens is 1. The third kappa shape index (κ3) is 2.28. The highest BCUT2D eigenvalue weighted by molar-refractivity contribution is 9.09. The van der Waals surface area contributed by atoms with E-state index in [0.29, 0.717) is 4.73 Å². The molecule has 0 aliphatic rings. The predicted octanol–water partition coefficient (Wildman–Crippen LogP) is 0.181. The van der Waals surface area contributed by atoms with Crippen LogP contribution in [0.25, 0.3) is 0 Å². The molecule has 1 rings (SSSR count). The summed E-state index contributed by atoms with van der Waals surface area (Å²) >= 11 is 2.83. The molecule has 1 heterocycles. The minimum absolute atomic E-state index is 0.0458. The molecule has 0 atom stereocenters. The van der Waals surface area contributed by atoms with Crippen molar-refractivity contribution < 1.29 is 24.9 Å². The fraction of sp³-hybridized carbons (Fsp3) is 0.167. The van der Waals surface area contributed by atoms with Gasteiger partial charge < -0.3 is 10.2 Å². The molecule has 0 aliphatic heterocycles. The number of carbonyl (C=O) groups excluding carboxylic acids is 1. The number of halogens is 1. The van der Waals surface area contributed by atoms with Crippen molar-refractivity contribution in [2.45, 2.75) is 0 Å². The lowest BCUT2D eigenvalue weighted by Gasteiger charge is -2.04. The minimum Gasteiger partial charge on any atom is -0.492 e. The zero-order valence-corrected chi connectivity index (χ0v) is 7.89. The molecule has 0 saturated heterocycles. The van der Waals surface area contributed by atoms with Crippen molar-refractivity contribution in [3.8, 4) is 11.8 Å². The molecule has 2 N–H and O–H groups in total. The summed E-state index contributed by atoms with van der Waals surface area (Å²) in [5, 5.41) is 17.9. The Labute approximate surface area is 81.3 Å². The van der Waals surface area contributed by atoms with Gasteiger partial charge >= 0.3 is 5.97 Å². The van der Waals surface area contributed by atoms with Crippen LogP contribution in [0.3, 0.4) is 0 Å². The molecule has 0 bridgehead atoms. The molecule has 0 amide bonds. The quantitative estimate of drug-likeness (QED) is 0.455. The molecule has 0 fully saturated rings. The topological polar surface area (TPSA) is 80.9 Å². The van der Waals surface area contributed by atoms with Gasteiger partial charge in [0.15, 0.2) is 0 Å². The molecule has 1 aromatic heterocycles. The number of alkyl halides is 1. The highest BCUT2D eigenvalue weighted by Gasteiger charge is 2.09. The van der Waals surface area contributed by atoms with Crippen LogP contribution < -0.4 is 4.99 Å². The maximum absolute atomic E-state index is 10.6. The number of hydrogen-bond donors (Lipinski definition) is 2. The fourth-order valence-electron chi connectivity index (χ4n) is 0.579. The van der Waals surface area contributed by atoms with Crippen molar-refractivity contribution in [2.24, 2.45) is 0 Å². The SMILES string of the molecule is O=C(CBr)OOn1c(O)ccc1O. The minimum atomic E-state index is -0.687. The Morgan fingerprint density at radius 1 is 1.46 bits per heavy atom. The summed E-state index contributed by atoms with van der Waals surface area (Å²) in [5.74, 6) is -1.44. The summed E-state index contributed by atoms with van der Waals surface area (Å²) in [6.45, 7) is 0. The number of aromatic hydroxyl groups is 2. The van der Waals surface area contributed by atoms with Crippen molar-refractivity contribution >= 4 is 21.9 Å². The molecule has 0 radical (unpaired) electrons. The Hall–Kier alpha value is -1.37. The van der Waals surface area contributed by atoms with Gasteiger partial charge in [-0.25, -0.2) is 9.68 Å². The lowest BCUT2D eigenvalue weighted by molar-refractivity contribution is -0.272. The number of nitrogens with zero attached hydrogens (tertiary/aromatic N) is 1. The van der Waals surface area contributed by atoms with E-state index in [1.165, 1.54) is 12.1 Å². The van der Waals surface area contributed by atoms with Gasteiger partial charge in [0.1, 0.15) is 5.33 Å². The van der Waals surface area contributed by atoms with E-state index in [2.05, 4.69) is 25.8 Å². The highest BCUT2D eigenvalue weighted by Crippen LogP contribution is 2.18. The van der Waals surface area contributed by atoms with Gasteiger partial charge in [0.2, 0.25) is 11.8 Å². The smallest absolute Gasteiger partial charge is 0.368 e. The van der Waals surface area contributed by atoms with E-state index in [9.17, 15) is 4.79 Å². The van der Waals surface area contributed by atoms with Crippen molar-refractivity contribution in [3.63, 3.8) is 0 Å². The molecule has 0 spiro atoms. The van der Waals surface area contributed by atoms with E-state index in [1.807, 2.05) is 0 Å². The Balaban J connectivity index is 2.58. The van der Waals surface area contributed by atoms with E-state index in [0.717, 1.165) is 0 Å². The fourth-order valence-corrected chi connectivity index (χ4v) is 0.673. The molecule has 1 aromatic rings. The standard InChI is InChI=1S/C6H6BrNO5/c7-3-6(11)12-13-8-4(9)1-2-5(8)10/h1-2,9-10H,3H2. The number of rotatable bonds is 3.